The van der Waals surface area contributed by atoms with Gasteiger partial charge in [-0.05, 0) is 12.8 Å². The molecule has 6 nitrogen and oxygen atoms in total. The van der Waals surface area contributed by atoms with Gasteiger partial charge in [-0.3, -0.25) is 14.4 Å². The number of aliphatic carboxylic acids is 1. The fraction of sp³-hybridized carbons (Fsp3) is 0.700. The molecule has 0 aliphatic rings. The number of nitrogens with one attached hydrogen (secondary N) is 2. The van der Waals surface area contributed by atoms with Crippen LogP contribution < -0.4 is 10.6 Å². The molecular formula is C10H18N2O4. The summed E-state index contributed by atoms with van der Waals surface area (Å²) in [5, 5.41) is 13.2. The van der Waals surface area contributed by atoms with E-state index >= 15 is 0 Å². The van der Waals surface area contributed by atoms with E-state index in [-0.39, 0.29) is 24.8 Å². The number of carbonyl (C=O) groups is 3. The molecule has 3 N–H and O–H groups in total. The number of carboxylic acids is 1. The molecule has 0 saturated carbocycles. The van der Waals surface area contributed by atoms with Crippen molar-refractivity contribution in [3.8, 4) is 0 Å². The molecule has 0 unspecified atom stereocenters. The lowest BCUT2D eigenvalue weighted by Gasteiger charge is -2.03. The molecule has 0 aliphatic heterocycles. The number of amides is 2. The second kappa shape index (κ2) is 8.70. The summed E-state index contributed by atoms with van der Waals surface area (Å²) in [6, 6.07) is 0. The third-order valence-corrected chi connectivity index (χ3v) is 1.82. The first-order valence-electron chi connectivity index (χ1n) is 5.31. The van der Waals surface area contributed by atoms with Gasteiger partial charge in [-0.2, -0.15) is 0 Å². The highest BCUT2D eigenvalue weighted by molar-refractivity contribution is 5.82. The molecule has 0 aromatic carbocycles. The SMILES string of the molecule is CCCNC(=O)CCCC(=O)NCC(=O)O. The van der Waals surface area contributed by atoms with Gasteiger partial charge in [0.25, 0.3) is 0 Å². The van der Waals surface area contributed by atoms with Gasteiger partial charge in [0.15, 0.2) is 0 Å². The number of carboxylic acid groups (broad SMARTS) is 1. The Hall–Kier alpha value is -1.59. The van der Waals surface area contributed by atoms with E-state index in [0.717, 1.165) is 6.42 Å². The molecule has 0 fully saturated rings. The standard InChI is InChI=1S/C10H18N2O4/c1-2-6-11-8(13)4-3-5-9(14)12-7-10(15)16/h2-7H2,1H3,(H,11,13)(H,12,14)(H,15,16). The second-order valence-electron chi connectivity index (χ2n) is 3.37. The van der Waals surface area contributed by atoms with E-state index in [1.807, 2.05) is 6.92 Å². The Morgan fingerprint density at radius 1 is 1.06 bits per heavy atom. The van der Waals surface area contributed by atoms with Crippen LogP contribution in [0, 0.1) is 0 Å². The second-order valence-corrected chi connectivity index (χ2v) is 3.37. The van der Waals surface area contributed by atoms with Gasteiger partial charge in [0.05, 0.1) is 0 Å². The summed E-state index contributed by atoms with van der Waals surface area (Å²) >= 11 is 0. The first kappa shape index (κ1) is 14.4. The zero-order chi connectivity index (χ0) is 12.4. The molecule has 6 heteroatoms. The van der Waals surface area contributed by atoms with Crippen LogP contribution in [0.15, 0.2) is 0 Å². The molecular weight excluding hydrogens is 212 g/mol. The Kier molecular flexibility index (Phi) is 7.83. The Morgan fingerprint density at radius 3 is 2.12 bits per heavy atom. The maximum absolute atomic E-state index is 11.1. The van der Waals surface area contributed by atoms with Crippen molar-refractivity contribution in [3.05, 3.63) is 0 Å². The van der Waals surface area contributed by atoms with Crippen LogP contribution in [0.5, 0.6) is 0 Å². The normalized spacial score (nSPS) is 9.56. The molecule has 0 bridgehead atoms. The van der Waals surface area contributed by atoms with Crippen LogP contribution in [0.2, 0.25) is 0 Å². The van der Waals surface area contributed by atoms with Gasteiger partial charge < -0.3 is 15.7 Å². The van der Waals surface area contributed by atoms with Gasteiger partial charge in [0.1, 0.15) is 6.54 Å². The predicted octanol–water partition coefficient (Wildman–Crippen LogP) is -0.116. The Morgan fingerprint density at radius 2 is 1.62 bits per heavy atom. The minimum atomic E-state index is -1.07. The van der Waals surface area contributed by atoms with Crippen molar-refractivity contribution in [1.82, 2.24) is 10.6 Å². The fourth-order valence-electron chi connectivity index (χ4n) is 1.02. The zero-order valence-electron chi connectivity index (χ0n) is 9.41. The van der Waals surface area contributed by atoms with E-state index in [4.69, 9.17) is 5.11 Å². The minimum Gasteiger partial charge on any atom is -0.480 e. The van der Waals surface area contributed by atoms with Crippen LogP contribution in [-0.2, 0) is 14.4 Å². The molecule has 2 amide bonds. The first-order chi connectivity index (χ1) is 7.56. The van der Waals surface area contributed by atoms with Gasteiger partial charge >= 0.3 is 5.97 Å². The summed E-state index contributed by atoms with van der Waals surface area (Å²) in [6.07, 6.45) is 1.78. The molecule has 0 aromatic rings. The first-order valence-corrected chi connectivity index (χ1v) is 5.31. The van der Waals surface area contributed by atoms with E-state index in [1.165, 1.54) is 0 Å². The van der Waals surface area contributed by atoms with E-state index in [2.05, 4.69) is 10.6 Å². The van der Waals surface area contributed by atoms with Crippen molar-refractivity contribution in [2.24, 2.45) is 0 Å². The third-order valence-electron chi connectivity index (χ3n) is 1.82. The Balaban J connectivity index is 3.46. The lowest BCUT2D eigenvalue weighted by Crippen LogP contribution is -2.29. The maximum atomic E-state index is 11.1. The molecule has 0 radical (unpaired) electrons. The van der Waals surface area contributed by atoms with Gasteiger partial charge in [0.2, 0.25) is 11.8 Å². The summed E-state index contributed by atoms with van der Waals surface area (Å²) in [5.41, 5.74) is 0. The van der Waals surface area contributed by atoms with E-state index < -0.39 is 5.97 Å². The van der Waals surface area contributed by atoms with Crippen LogP contribution in [0.1, 0.15) is 32.6 Å². The van der Waals surface area contributed by atoms with Crippen LogP contribution in [0.25, 0.3) is 0 Å². The highest BCUT2D eigenvalue weighted by Crippen LogP contribution is 1.95. The number of carbonyl (C=O) groups excluding carboxylic acids is 2. The summed E-state index contributed by atoms with van der Waals surface area (Å²) in [7, 11) is 0. The van der Waals surface area contributed by atoms with Crippen molar-refractivity contribution in [2.45, 2.75) is 32.6 Å². The van der Waals surface area contributed by atoms with Crippen LogP contribution in [0.3, 0.4) is 0 Å². The van der Waals surface area contributed by atoms with Crippen molar-refractivity contribution >= 4 is 17.8 Å². The maximum Gasteiger partial charge on any atom is 0.322 e. The van der Waals surface area contributed by atoms with Crippen LogP contribution >= 0.6 is 0 Å². The zero-order valence-corrected chi connectivity index (χ0v) is 9.41. The van der Waals surface area contributed by atoms with Gasteiger partial charge in [-0.15, -0.1) is 0 Å². The van der Waals surface area contributed by atoms with Gasteiger partial charge in [0, 0.05) is 19.4 Å². The highest BCUT2D eigenvalue weighted by atomic mass is 16.4. The summed E-state index contributed by atoms with van der Waals surface area (Å²) < 4.78 is 0. The fourth-order valence-corrected chi connectivity index (χ4v) is 1.02. The smallest absolute Gasteiger partial charge is 0.322 e. The predicted molar refractivity (Wildman–Crippen MR) is 57.8 cm³/mol. The Labute approximate surface area is 94.4 Å². The van der Waals surface area contributed by atoms with E-state index in [1.54, 1.807) is 0 Å². The average molecular weight is 230 g/mol. The summed E-state index contributed by atoms with van der Waals surface area (Å²) in [6.45, 7) is 2.23. The molecule has 0 rings (SSSR count). The molecule has 16 heavy (non-hydrogen) atoms. The largest absolute Gasteiger partial charge is 0.480 e. The van der Waals surface area contributed by atoms with E-state index in [0.29, 0.717) is 19.4 Å². The van der Waals surface area contributed by atoms with E-state index in [9.17, 15) is 14.4 Å². The summed E-state index contributed by atoms with van der Waals surface area (Å²) in [5.74, 6) is -1.49. The number of hydrogen-bond donors (Lipinski definition) is 3. The molecule has 0 aromatic heterocycles. The molecule has 92 valence electrons. The average Bonchev–Trinajstić information content (AvgIpc) is 2.23. The molecule has 0 atom stereocenters. The van der Waals surface area contributed by atoms with Crippen molar-refractivity contribution in [2.75, 3.05) is 13.1 Å². The Bertz CT molecular complexity index is 253. The summed E-state index contributed by atoms with van der Waals surface area (Å²) in [4.78, 5) is 32.3. The van der Waals surface area contributed by atoms with Gasteiger partial charge in [-0.25, -0.2) is 0 Å². The highest BCUT2D eigenvalue weighted by Gasteiger charge is 2.05. The van der Waals surface area contributed by atoms with Crippen molar-refractivity contribution in [1.29, 1.82) is 0 Å². The third kappa shape index (κ3) is 8.98. The molecule has 0 heterocycles. The van der Waals surface area contributed by atoms with Crippen molar-refractivity contribution in [3.63, 3.8) is 0 Å². The number of hydrogen-bond acceptors (Lipinski definition) is 3. The molecule has 0 aliphatic carbocycles. The quantitative estimate of drug-likeness (QED) is 0.542. The van der Waals surface area contributed by atoms with Gasteiger partial charge in [-0.1, -0.05) is 6.92 Å². The van der Waals surface area contributed by atoms with Crippen LogP contribution in [0.4, 0.5) is 0 Å². The minimum absolute atomic E-state index is 0.0760. The lowest BCUT2D eigenvalue weighted by molar-refractivity contribution is -0.138. The number of rotatable bonds is 8. The van der Waals surface area contributed by atoms with Crippen LogP contribution in [-0.4, -0.2) is 36.0 Å². The molecule has 0 saturated heterocycles. The van der Waals surface area contributed by atoms with Crippen molar-refractivity contribution < 1.29 is 19.5 Å². The topological polar surface area (TPSA) is 95.5 Å². The molecule has 0 spiro atoms. The lowest BCUT2D eigenvalue weighted by atomic mass is 10.2. The monoisotopic (exact) mass is 230 g/mol.